The standard InChI is InChI=1S/C13H13N3O3S/c1-19-10-4-2-3-9(7-10)11(17)8-20-16-13-14-6-5-12(18)15-13/h2-7H,8H2,1H3,(H2,14,15,16,18). The molecule has 0 saturated carbocycles. The highest BCUT2D eigenvalue weighted by Gasteiger charge is 2.07. The Morgan fingerprint density at radius 1 is 1.45 bits per heavy atom. The first-order valence-electron chi connectivity index (χ1n) is 5.79. The van der Waals surface area contributed by atoms with E-state index in [4.69, 9.17) is 4.74 Å². The van der Waals surface area contributed by atoms with Crippen molar-refractivity contribution in [2.24, 2.45) is 0 Å². The lowest BCUT2D eigenvalue weighted by molar-refractivity contribution is 0.102. The van der Waals surface area contributed by atoms with E-state index in [-0.39, 0.29) is 17.1 Å². The number of carbonyl (C=O) groups is 1. The molecule has 2 aromatic rings. The average Bonchev–Trinajstić information content (AvgIpc) is 2.47. The van der Waals surface area contributed by atoms with Crippen LogP contribution in [0.3, 0.4) is 0 Å². The van der Waals surface area contributed by atoms with E-state index in [1.54, 1.807) is 31.4 Å². The van der Waals surface area contributed by atoms with Crippen LogP contribution in [0.25, 0.3) is 0 Å². The SMILES string of the molecule is COc1cccc(C(=O)CSNc2nccc(=O)[nH]2)c1. The molecule has 1 heterocycles. The number of ketones is 1. The van der Waals surface area contributed by atoms with Crippen molar-refractivity contribution in [3.8, 4) is 5.75 Å². The maximum absolute atomic E-state index is 12.0. The van der Waals surface area contributed by atoms with Crippen molar-refractivity contribution in [3.63, 3.8) is 0 Å². The van der Waals surface area contributed by atoms with E-state index in [9.17, 15) is 9.59 Å². The van der Waals surface area contributed by atoms with Crippen molar-refractivity contribution >= 4 is 23.7 Å². The first kappa shape index (κ1) is 14.1. The topological polar surface area (TPSA) is 84.1 Å². The van der Waals surface area contributed by atoms with Gasteiger partial charge in [-0.15, -0.1) is 0 Å². The Morgan fingerprint density at radius 3 is 3.05 bits per heavy atom. The molecule has 0 aliphatic heterocycles. The lowest BCUT2D eigenvalue weighted by Gasteiger charge is -2.05. The molecule has 0 unspecified atom stereocenters. The minimum atomic E-state index is -0.248. The summed E-state index contributed by atoms with van der Waals surface area (Å²) in [6.07, 6.45) is 1.39. The fraction of sp³-hybridized carbons (Fsp3) is 0.154. The highest BCUT2D eigenvalue weighted by Crippen LogP contribution is 2.15. The molecule has 1 aromatic carbocycles. The molecule has 2 rings (SSSR count). The van der Waals surface area contributed by atoms with Crippen LogP contribution in [0.4, 0.5) is 5.95 Å². The number of H-pyrrole nitrogens is 1. The van der Waals surface area contributed by atoms with Gasteiger partial charge in [-0.3, -0.25) is 19.3 Å². The number of anilines is 1. The minimum absolute atomic E-state index is 0.0420. The summed E-state index contributed by atoms with van der Waals surface area (Å²) in [7, 11) is 1.55. The maximum atomic E-state index is 12.0. The number of hydrogen-bond donors (Lipinski definition) is 2. The van der Waals surface area contributed by atoms with Crippen LogP contribution in [-0.2, 0) is 0 Å². The lowest BCUT2D eigenvalue weighted by atomic mass is 10.1. The molecule has 0 amide bonds. The van der Waals surface area contributed by atoms with Crippen LogP contribution in [-0.4, -0.2) is 28.6 Å². The third-order valence-electron chi connectivity index (χ3n) is 2.43. The number of nitrogens with zero attached hydrogens (tertiary/aromatic N) is 1. The predicted octanol–water partition coefficient (Wildman–Crippen LogP) is 1.72. The zero-order chi connectivity index (χ0) is 14.4. The van der Waals surface area contributed by atoms with E-state index in [0.717, 1.165) is 11.9 Å². The van der Waals surface area contributed by atoms with Gasteiger partial charge in [0, 0.05) is 17.8 Å². The summed E-state index contributed by atoms with van der Waals surface area (Å²) in [5.41, 5.74) is 0.329. The van der Waals surface area contributed by atoms with Crippen LogP contribution >= 0.6 is 11.9 Å². The van der Waals surface area contributed by atoms with Crippen LogP contribution in [0, 0.1) is 0 Å². The van der Waals surface area contributed by atoms with E-state index >= 15 is 0 Å². The molecule has 0 radical (unpaired) electrons. The van der Waals surface area contributed by atoms with Gasteiger partial charge in [-0.1, -0.05) is 12.1 Å². The molecule has 2 N–H and O–H groups in total. The van der Waals surface area contributed by atoms with Gasteiger partial charge < -0.3 is 4.74 Å². The number of nitrogens with one attached hydrogen (secondary N) is 2. The number of benzene rings is 1. The van der Waals surface area contributed by atoms with Gasteiger partial charge in [0.15, 0.2) is 5.78 Å². The fourth-order valence-corrected chi connectivity index (χ4v) is 2.08. The zero-order valence-electron chi connectivity index (χ0n) is 10.8. The fourth-order valence-electron chi connectivity index (χ4n) is 1.47. The molecule has 6 nitrogen and oxygen atoms in total. The Bertz CT molecular complexity index is 657. The average molecular weight is 291 g/mol. The summed E-state index contributed by atoms with van der Waals surface area (Å²) in [6.45, 7) is 0. The first-order chi connectivity index (χ1) is 9.69. The molecular formula is C13H13N3O3S. The van der Waals surface area contributed by atoms with Crippen LogP contribution in [0.2, 0.25) is 0 Å². The number of Topliss-reactive ketones (excluding diaryl/α,β-unsaturated/α-hetero) is 1. The van der Waals surface area contributed by atoms with Crippen LogP contribution in [0.5, 0.6) is 5.75 Å². The van der Waals surface area contributed by atoms with E-state index in [1.165, 1.54) is 12.3 Å². The number of ether oxygens (including phenoxy) is 1. The summed E-state index contributed by atoms with van der Waals surface area (Å²) >= 11 is 1.16. The molecule has 0 spiro atoms. The Kier molecular flexibility index (Phi) is 4.78. The monoisotopic (exact) mass is 291 g/mol. The van der Waals surface area contributed by atoms with Crippen molar-refractivity contribution in [3.05, 3.63) is 52.4 Å². The van der Waals surface area contributed by atoms with Gasteiger partial charge in [0.1, 0.15) is 5.75 Å². The molecule has 20 heavy (non-hydrogen) atoms. The zero-order valence-corrected chi connectivity index (χ0v) is 11.6. The molecule has 7 heteroatoms. The smallest absolute Gasteiger partial charge is 0.252 e. The van der Waals surface area contributed by atoms with Crippen molar-refractivity contribution in [1.29, 1.82) is 0 Å². The Balaban J connectivity index is 1.90. The van der Waals surface area contributed by atoms with Crippen LogP contribution < -0.4 is 15.0 Å². The number of hydrogen-bond acceptors (Lipinski definition) is 6. The molecular weight excluding hydrogens is 278 g/mol. The second-order valence-electron chi connectivity index (χ2n) is 3.83. The second-order valence-corrected chi connectivity index (χ2v) is 4.61. The van der Waals surface area contributed by atoms with Gasteiger partial charge >= 0.3 is 0 Å². The Labute approximate surface area is 119 Å². The molecule has 0 aliphatic rings. The van der Waals surface area contributed by atoms with Crippen molar-refractivity contribution in [1.82, 2.24) is 9.97 Å². The molecule has 0 saturated heterocycles. The highest BCUT2D eigenvalue weighted by molar-refractivity contribution is 8.01. The Hall–Kier alpha value is -2.28. The van der Waals surface area contributed by atoms with E-state index in [2.05, 4.69) is 14.7 Å². The number of aromatic nitrogens is 2. The first-order valence-corrected chi connectivity index (χ1v) is 6.78. The van der Waals surface area contributed by atoms with Gasteiger partial charge in [-0.25, -0.2) is 4.98 Å². The third-order valence-corrected chi connectivity index (χ3v) is 3.18. The quantitative estimate of drug-likeness (QED) is 0.623. The summed E-state index contributed by atoms with van der Waals surface area (Å²) in [6, 6.07) is 8.28. The number of methoxy groups -OCH3 is 1. The Morgan fingerprint density at radius 2 is 2.30 bits per heavy atom. The van der Waals surface area contributed by atoms with Gasteiger partial charge in [-0.05, 0) is 24.1 Å². The van der Waals surface area contributed by atoms with E-state index in [0.29, 0.717) is 17.3 Å². The third kappa shape index (κ3) is 3.86. The number of aromatic amines is 1. The summed E-state index contributed by atoms with van der Waals surface area (Å²) < 4.78 is 7.88. The molecule has 0 aliphatic carbocycles. The van der Waals surface area contributed by atoms with Gasteiger partial charge in [0.25, 0.3) is 5.56 Å². The summed E-state index contributed by atoms with van der Waals surface area (Å²) in [4.78, 5) is 29.4. The highest BCUT2D eigenvalue weighted by atomic mass is 32.2. The molecule has 104 valence electrons. The maximum Gasteiger partial charge on any atom is 0.252 e. The summed E-state index contributed by atoms with van der Waals surface area (Å²) in [5.74, 6) is 1.13. The minimum Gasteiger partial charge on any atom is -0.497 e. The van der Waals surface area contributed by atoms with Crippen LogP contribution in [0.1, 0.15) is 10.4 Å². The van der Waals surface area contributed by atoms with Gasteiger partial charge in [0.2, 0.25) is 5.95 Å². The van der Waals surface area contributed by atoms with Crippen molar-refractivity contribution < 1.29 is 9.53 Å². The molecule has 0 bridgehead atoms. The summed E-state index contributed by atoms with van der Waals surface area (Å²) in [5, 5.41) is 0. The number of carbonyl (C=O) groups excluding carboxylic acids is 1. The normalized spacial score (nSPS) is 10.1. The lowest BCUT2D eigenvalue weighted by Crippen LogP contribution is -2.09. The number of rotatable bonds is 6. The molecule has 1 aromatic heterocycles. The molecule has 0 fully saturated rings. The second kappa shape index (κ2) is 6.76. The van der Waals surface area contributed by atoms with Gasteiger partial charge in [0.05, 0.1) is 12.9 Å². The van der Waals surface area contributed by atoms with E-state index < -0.39 is 0 Å². The van der Waals surface area contributed by atoms with Crippen LogP contribution in [0.15, 0.2) is 41.3 Å². The molecule has 0 atom stereocenters. The van der Waals surface area contributed by atoms with Crippen molar-refractivity contribution in [2.75, 3.05) is 17.6 Å². The van der Waals surface area contributed by atoms with Gasteiger partial charge in [-0.2, -0.15) is 0 Å². The largest absolute Gasteiger partial charge is 0.497 e. The van der Waals surface area contributed by atoms with Crippen molar-refractivity contribution in [2.45, 2.75) is 0 Å². The predicted molar refractivity (Wildman–Crippen MR) is 78.3 cm³/mol. The van der Waals surface area contributed by atoms with E-state index in [1.807, 2.05) is 0 Å².